The van der Waals surface area contributed by atoms with E-state index in [0.29, 0.717) is 5.88 Å². The number of hydrogen-bond donors (Lipinski definition) is 0. The molecule has 1 aliphatic carbocycles. The molecule has 0 aliphatic heterocycles. The van der Waals surface area contributed by atoms with E-state index in [1.165, 1.54) is 19.3 Å². The van der Waals surface area contributed by atoms with E-state index in [1.807, 2.05) is 25.7 Å². The molecule has 0 aromatic rings. The minimum Gasteiger partial charge on any atom is -0.342 e. The molecular formula is C12H22ClNO. The number of carbonyl (C=O) groups excluding carboxylic acids is 1. The van der Waals surface area contributed by atoms with E-state index in [2.05, 4.69) is 0 Å². The quantitative estimate of drug-likeness (QED) is 0.667. The second kappa shape index (κ2) is 5.20. The van der Waals surface area contributed by atoms with E-state index in [4.69, 9.17) is 11.6 Å². The number of hydrogen-bond acceptors (Lipinski definition) is 1. The Kier molecular flexibility index (Phi) is 4.45. The minimum absolute atomic E-state index is 0.201. The molecule has 15 heavy (non-hydrogen) atoms. The van der Waals surface area contributed by atoms with Gasteiger partial charge in [0, 0.05) is 19.0 Å². The van der Waals surface area contributed by atoms with Gasteiger partial charge in [0.05, 0.1) is 5.41 Å². The van der Waals surface area contributed by atoms with Crippen LogP contribution in [0.5, 0.6) is 0 Å². The van der Waals surface area contributed by atoms with Crippen LogP contribution in [0.4, 0.5) is 0 Å². The van der Waals surface area contributed by atoms with Crippen LogP contribution in [0.25, 0.3) is 0 Å². The first-order valence-electron chi connectivity index (χ1n) is 5.86. The Bertz CT molecular complexity index is 224. The van der Waals surface area contributed by atoms with Crippen LogP contribution in [0, 0.1) is 11.3 Å². The summed E-state index contributed by atoms with van der Waals surface area (Å²) in [6.45, 7) is 7.61. The van der Waals surface area contributed by atoms with Crippen molar-refractivity contribution in [2.45, 2.75) is 40.0 Å². The van der Waals surface area contributed by atoms with Crippen LogP contribution in [-0.4, -0.2) is 29.8 Å². The molecule has 88 valence electrons. The Balaban J connectivity index is 2.52. The first kappa shape index (κ1) is 12.8. The van der Waals surface area contributed by atoms with Crippen molar-refractivity contribution in [3.63, 3.8) is 0 Å². The molecule has 0 radical (unpaired) electrons. The lowest BCUT2D eigenvalue weighted by Crippen LogP contribution is -2.44. The number of carbonyl (C=O) groups is 1. The number of alkyl halides is 1. The van der Waals surface area contributed by atoms with Crippen LogP contribution in [0.3, 0.4) is 0 Å². The highest BCUT2D eigenvalue weighted by Gasteiger charge is 2.32. The van der Waals surface area contributed by atoms with E-state index < -0.39 is 5.41 Å². The van der Waals surface area contributed by atoms with Gasteiger partial charge in [-0.05, 0) is 39.5 Å². The summed E-state index contributed by atoms with van der Waals surface area (Å²) in [5.41, 5.74) is -0.415. The molecule has 0 aromatic heterocycles. The van der Waals surface area contributed by atoms with E-state index >= 15 is 0 Å². The van der Waals surface area contributed by atoms with Gasteiger partial charge in [0.2, 0.25) is 5.91 Å². The third-order valence-electron chi connectivity index (χ3n) is 3.29. The minimum atomic E-state index is -0.415. The lowest BCUT2D eigenvalue weighted by Gasteiger charge is -2.35. The highest BCUT2D eigenvalue weighted by molar-refractivity contribution is 6.19. The summed E-state index contributed by atoms with van der Waals surface area (Å²) in [5.74, 6) is 1.33. The summed E-state index contributed by atoms with van der Waals surface area (Å²) < 4.78 is 0. The molecule has 3 heteroatoms. The third-order valence-corrected chi connectivity index (χ3v) is 3.95. The lowest BCUT2D eigenvalue weighted by atomic mass is 9.84. The lowest BCUT2D eigenvalue weighted by molar-refractivity contribution is -0.140. The standard InChI is InChI=1S/C12H22ClNO/c1-4-14(8-10-6-5-7-10)11(15)12(2,3)9-13/h10H,4-9H2,1-3H3. The maximum atomic E-state index is 12.1. The Morgan fingerprint density at radius 1 is 1.47 bits per heavy atom. The molecule has 1 saturated carbocycles. The van der Waals surface area contributed by atoms with Gasteiger partial charge in [-0.15, -0.1) is 11.6 Å². The molecule has 0 spiro atoms. The zero-order chi connectivity index (χ0) is 11.5. The summed E-state index contributed by atoms with van der Waals surface area (Å²) in [5, 5.41) is 0. The van der Waals surface area contributed by atoms with Crippen molar-refractivity contribution < 1.29 is 4.79 Å². The molecule has 0 atom stereocenters. The fourth-order valence-electron chi connectivity index (χ4n) is 1.83. The highest BCUT2D eigenvalue weighted by Crippen LogP contribution is 2.29. The van der Waals surface area contributed by atoms with Gasteiger partial charge >= 0.3 is 0 Å². The van der Waals surface area contributed by atoms with Crippen molar-refractivity contribution in [2.75, 3.05) is 19.0 Å². The van der Waals surface area contributed by atoms with Gasteiger partial charge in [0.15, 0.2) is 0 Å². The fourth-order valence-corrected chi connectivity index (χ4v) is 1.94. The van der Waals surface area contributed by atoms with Crippen LogP contribution in [0.15, 0.2) is 0 Å². The zero-order valence-electron chi connectivity index (χ0n) is 10.1. The molecule has 1 rings (SSSR count). The van der Waals surface area contributed by atoms with E-state index in [9.17, 15) is 4.79 Å². The Morgan fingerprint density at radius 3 is 2.40 bits per heavy atom. The first-order valence-corrected chi connectivity index (χ1v) is 6.40. The van der Waals surface area contributed by atoms with Crippen molar-refractivity contribution in [1.82, 2.24) is 4.90 Å². The van der Waals surface area contributed by atoms with Crippen molar-refractivity contribution in [3.8, 4) is 0 Å². The van der Waals surface area contributed by atoms with Crippen LogP contribution >= 0.6 is 11.6 Å². The van der Waals surface area contributed by atoms with Crippen molar-refractivity contribution in [3.05, 3.63) is 0 Å². The normalized spacial score (nSPS) is 17.3. The van der Waals surface area contributed by atoms with Gasteiger partial charge < -0.3 is 4.90 Å². The number of amides is 1. The molecule has 0 unspecified atom stereocenters. The molecular weight excluding hydrogens is 210 g/mol. The largest absolute Gasteiger partial charge is 0.342 e. The summed E-state index contributed by atoms with van der Waals surface area (Å²) >= 11 is 5.83. The second-order valence-electron chi connectivity index (χ2n) is 5.16. The molecule has 1 amide bonds. The summed E-state index contributed by atoms with van der Waals surface area (Å²) in [4.78, 5) is 14.1. The maximum absolute atomic E-state index is 12.1. The topological polar surface area (TPSA) is 20.3 Å². The summed E-state index contributed by atoms with van der Waals surface area (Å²) in [6, 6.07) is 0. The average Bonchev–Trinajstić information content (AvgIpc) is 2.16. The molecule has 0 bridgehead atoms. The van der Waals surface area contributed by atoms with Crippen molar-refractivity contribution in [1.29, 1.82) is 0 Å². The van der Waals surface area contributed by atoms with Gasteiger partial charge in [-0.1, -0.05) is 6.42 Å². The highest BCUT2D eigenvalue weighted by atomic mass is 35.5. The van der Waals surface area contributed by atoms with Gasteiger partial charge in [-0.25, -0.2) is 0 Å². The van der Waals surface area contributed by atoms with Crippen molar-refractivity contribution >= 4 is 17.5 Å². The molecule has 0 aromatic carbocycles. The third kappa shape index (κ3) is 3.10. The molecule has 0 N–H and O–H groups in total. The van der Waals surface area contributed by atoms with Crippen molar-refractivity contribution in [2.24, 2.45) is 11.3 Å². The van der Waals surface area contributed by atoms with Gasteiger partial charge in [-0.3, -0.25) is 4.79 Å². The monoisotopic (exact) mass is 231 g/mol. The summed E-state index contributed by atoms with van der Waals surface area (Å²) in [7, 11) is 0. The predicted octanol–water partition coefficient (Wildman–Crippen LogP) is 2.90. The number of nitrogens with zero attached hydrogens (tertiary/aromatic N) is 1. The maximum Gasteiger partial charge on any atom is 0.229 e. The van der Waals surface area contributed by atoms with Gasteiger partial charge in [0.25, 0.3) is 0 Å². The van der Waals surface area contributed by atoms with Crippen LogP contribution in [0.1, 0.15) is 40.0 Å². The molecule has 1 aliphatic rings. The van der Waals surface area contributed by atoms with E-state index in [-0.39, 0.29) is 5.91 Å². The average molecular weight is 232 g/mol. The number of rotatable bonds is 5. The molecule has 2 nitrogen and oxygen atoms in total. The second-order valence-corrected chi connectivity index (χ2v) is 5.43. The Morgan fingerprint density at radius 2 is 2.07 bits per heavy atom. The number of halogens is 1. The Labute approximate surface area is 98.0 Å². The molecule has 1 fully saturated rings. The Hall–Kier alpha value is -0.240. The fraction of sp³-hybridized carbons (Fsp3) is 0.917. The first-order chi connectivity index (χ1) is 7.01. The molecule has 0 heterocycles. The van der Waals surface area contributed by atoms with Crippen LogP contribution in [0.2, 0.25) is 0 Å². The predicted molar refractivity (Wildman–Crippen MR) is 64.1 cm³/mol. The van der Waals surface area contributed by atoms with Gasteiger partial charge in [0.1, 0.15) is 0 Å². The SMILES string of the molecule is CCN(CC1CCC1)C(=O)C(C)(C)CCl. The van der Waals surface area contributed by atoms with E-state index in [0.717, 1.165) is 19.0 Å². The molecule has 0 saturated heterocycles. The van der Waals surface area contributed by atoms with Gasteiger partial charge in [-0.2, -0.15) is 0 Å². The van der Waals surface area contributed by atoms with Crippen LogP contribution < -0.4 is 0 Å². The van der Waals surface area contributed by atoms with Crippen LogP contribution in [-0.2, 0) is 4.79 Å². The summed E-state index contributed by atoms with van der Waals surface area (Å²) in [6.07, 6.45) is 3.89. The van der Waals surface area contributed by atoms with E-state index in [1.54, 1.807) is 0 Å². The smallest absolute Gasteiger partial charge is 0.229 e. The zero-order valence-corrected chi connectivity index (χ0v) is 10.8.